The van der Waals surface area contributed by atoms with Gasteiger partial charge in [-0.25, -0.2) is 4.98 Å². The summed E-state index contributed by atoms with van der Waals surface area (Å²) in [4.78, 5) is 4.48. The van der Waals surface area contributed by atoms with Crippen molar-refractivity contribution in [1.82, 2.24) is 20.9 Å². The monoisotopic (exact) mass is 517 g/mol. The van der Waals surface area contributed by atoms with E-state index in [0.717, 1.165) is 49.9 Å². The molecule has 0 spiro atoms. The van der Waals surface area contributed by atoms with Crippen LogP contribution in [0.1, 0.15) is 16.8 Å². The number of aromatic nitrogens is 1. The Kier molecular flexibility index (Phi) is 17.1. The van der Waals surface area contributed by atoms with Crippen LogP contribution in [0.2, 0.25) is 5.02 Å². The van der Waals surface area contributed by atoms with E-state index in [-0.39, 0.29) is 49.6 Å². The van der Waals surface area contributed by atoms with Gasteiger partial charge in [0.15, 0.2) is 0 Å². The van der Waals surface area contributed by atoms with Crippen molar-refractivity contribution in [1.29, 1.82) is 0 Å². The minimum absolute atomic E-state index is 0. The van der Waals surface area contributed by atoms with Crippen LogP contribution in [0.5, 0.6) is 0 Å². The molecule has 1 aliphatic rings. The Morgan fingerprint density at radius 1 is 1.10 bits per heavy atom. The first-order valence-corrected chi connectivity index (χ1v) is 9.60. The van der Waals surface area contributed by atoms with Crippen LogP contribution in [-0.2, 0) is 13.0 Å². The van der Waals surface area contributed by atoms with Crippen LogP contribution >= 0.6 is 61.2 Å². The molecule has 5 nitrogen and oxygen atoms in total. The van der Waals surface area contributed by atoms with Gasteiger partial charge in [0, 0.05) is 42.9 Å². The van der Waals surface area contributed by atoms with Gasteiger partial charge in [-0.15, -0.1) is 49.6 Å². The summed E-state index contributed by atoms with van der Waals surface area (Å²) in [5.74, 6) is 1.15. The Bertz CT molecular complexity index is 714. The van der Waals surface area contributed by atoms with Crippen molar-refractivity contribution in [3.63, 3.8) is 0 Å². The van der Waals surface area contributed by atoms with E-state index in [9.17, 15) is 0 Å². The summed E-state index contributed by atoms with van der Waals surface area (Å²) in [6, 6.07) is 12.5. The number of nitrogens with zero attached hydrogens (tertiary/aromatic N) is 1. The highest BCUT2D eigenvalue weighted by atomic mass is 35.5. The largest absolute Gasteiger partial charge is 0.384 e. The quantitative estimate of drug-likeness (QED) is 0.399. The zero-order chi connectivity index (χ0) is 18.4. The van der Waals surface area contributed by atoms with Crippen molar-refractivity contribution in [2.24, 2.45) is 5.92 Å². The van der Waals surface area contributed by atoms with Crippen LogP contribution in [0.15, 0.2) is 36.4 Å². The molecule has 0 radical (unpaired) electrons. The minimum Gasteiger partial charge on any atom is -0.384 e. The standard InChI is InChI=1S/C20H28ClN5.4ClH/c1-14-7-18(26-20(22)8-14)10-16-12-24-13-19(16)25-6-5-23-11-15-3-2-4-17(21)9-15;;;;/h2-4,7-9,16,19,23-25H,5-6,10-13H2,1H3,(H2,22,26);4*1H/t16-,19+;;;;/m0..../s1. The molecule has 1 aromatic heterocycles. The summed E-state index contributed by atoms with van der Waals surface area (Å²) in [7, 11) is 0. The SMILES string of the molecule is Cc1cc(N)nc(C[C@H]2CNC[C@H]2NCCNCc2cccc(Cl)c2)c1.Cl.Cl.Cl.Cl. The van der Waals surface area contributed by atoms with Crippen LogP contribution in [0.3, 0.4) is 0 Å². The lowest BCUT2D eigenvalue weighted by Gasteiger charge is -2.20. The first kappa shape index (κ1) is 31.7. The third kappa shape index (κ3) is 10.2. The summed E-state index contributed by atoms with van der Waals surface area (Å²) >= 11 is 6.01. The predicted molar refractivity (Wildman–Crippen MR) is 137 cm³/mol. The van der Waals surface area contributed by atoms with Crippen LogP contribution in [-0.4, -0.2) is 37.2 Å². The third-order valence-corrected chi connectivity index (χ3v) is 5.02. The van der Waals surface area contributed by atoms with Crippen molar-refractivity contribution in [3.05, 3.63) is 58.2 Å². The van der Waals surface area contributed by atoms with Gasteiger partial charge in [0.25, 0.3) is 0 Å². The molecule has 0 bridgehead atoms. The van der Waals surface area contributed by atoms with Crippen LogP contribution < -0.4 is 21.7 Å². The summed E-state index contributed by atoms with van der Waals surface area (Å²) in [5.41, 5.74) is 9.35. The number of halogens is 5. The van der Waals surface area contributed by atoms with Gasteiger partial charge in [-0.2, -0.15) is 0 Å². The second-order valence-corrected chi connectivity index (χ2v) is 7.49. The first-order valence-electron chi connectivity index (χ1n) is 9.22. The van der Waals surface area contributed by atoms with Gasteiger partial charge in [-0.1, -0.05) is 23.7 Å². The molecule has 3 rings (SSSR count). The number of aryl methyl sites for hydroxylation is 1. The molecule has 2 aromatic rings. The Morgan fingerprint density at radius 2 is 1.87 bits per heavy atom. The Balaban J connectivity index is 0. The fraction of sp³-hybridized carbons (Fsp3) is 0.450. The molecule has 0 unspecified atom stereocenters. The van der Waals surface area contributed by atoms with Crippen molar-refractivity contribution in [2.75, 3.05) is 31.9 Å². The van der Waals surface area contributed by atoms with Gasteiger partial charge in [0.05, 0.1) is 0 Å². The highest BCUT2D eigenvalue weighted by molar-refractivity contribution is 6.30. The number of pyridine rings is 1. The number of nitrogens with one attached hydrogen (secondary N) is 3. The molecule has 5 N–H and O–H groups in total. The number of hydrogen-bond donors (Lipinski definition) is 4. The van der Waals surface area contributed by atoms with E-state index in [1.54, 1.807) is 0 Å². The molecule has 2 heterocycles. The third-order valence-electron chi connectivity index (χ3n) is 4.78. The van der Waals surface area contributed by atoms with E-state index in [0.29, 0.717) is 17.8 Å². The fourth-order valence-corrected chi connectivity index (χ4v) is 3.77. The van der Waals surface area contributed by atoms with Crippen molar-refractivity contribution < 1.29 is 0 Å². The van der Waals surface area contributed by atoms with Gasteiger partial charge in [0.1, 0.15) is 5.82 Å². The summed E-state index contributed by atoms with van der Waals surface area (Å²) in [6.45, 7) is 6.78. The predicted octanol–water partition coefficient (Wildman–Crippen LogP) is 3.82. The summed E-state index contributed by atoms with van der Waals surface area (Å²) in [6.07, 6.45) is 0.951. The molecule has 1 saturated heterocycles. The zero-order valence-corrected chi connectivity index (χ0v) is 20.9. The topological polar surface area (TPSA) is 75.0 Å². The number of nitrogen functional groups attached to an aromatic ring is 1. The molecule has 1 aromatic carbocycles. The average Bonchev–Trinajstić information content (AvgIpc) is 3.01. The molecule has 30 heavy (non-hydrogen) atoms. The minimum atomic E-state index is 0. The number of nitrogens with two attached hydrogens (primary N) is 1. The lowest BCUT2D eigenvalue weighted by atomic mass is 9.97. The molecular weight excluding hydrogens is 488 g/mol. The van der Waals surface area contributed by atoms with Gasteiger partial charge in [-0.3, -0.25) is 0 Å². The maximum absolute atomic E-state index is 6.01. The Hall–Kier alpha value is -0.500. The first-order chi connectivity index (χ1) is 12.6. The highest BCUT2D eigenvalue weighted by Gasteiger charge is 2.26. The molecule has 0 amide bonds. The molecule has 10 heteroatoms. The number of rotatable bonds is 8. The molecule has 0 aliphatic carbocycles. The fourth-order valence-electron chi connectivity index (χ4n) is 3.55. The molecule has 0 saturated carbocycles. The van der Waals surface area contributed by atoms with Gasteiger partial charge in [-0.05, 0) is 61.2 Å². The van der Waals surface area contributed by atoms with Crippen molar-refractivity contribution >= 4 is 67.0 Å². The smallest absolute Gasteiger partial charge is 0.123 e. The Morgan fingerprint density at radius 3 is 2.57 bits per heavy atom. The zero-order valence-electron chi connectivity index (χ0n) is 16.9. The average molecular weight is 520 g/mol. The lowest BCUT2D eigenvalue weighted by molar-refractivity contribution is 0.419. The van der Waals surface area contributed by atoms with E-state index in [2.05, 4.69) is 40.0 Å². The Labute approximate surface area is 209 Å². The maximum Gasteiger partial charge on any atom is 0.123 e. The van der Waals surface area contributed by atoms with E-state index >= 15 is 0 Å². The molecule has 2 atom stereocenters. The van der Waals surface area contributed by atoms with Crippen LogP contribution in [0, 0.1) is 12.8 Å². The van der Waals surface area contributed by atoms with Crippen LogP contribution in [0.25, 0.3) is 0 Å². The number of benzene rings is 1. The van der Waals surface area contributed by atoms with Gasteiger partial charge in [0.2, 0.25) is 0 Å². The van der Waals surface area contributed by atoms with E-state index in [1.165, 1.54) is 11.1 Å². The summed E-state index contributed by atoms with van der Waals surface area (Å²) < 4.78 is 0. The molecular formula is C20H32Cl5N5. The van der Waals surface area contributed by atoms with Crippen LogP contribution in [0.4, 0.5) is 5.82 Å². The molecule has 172 valence electrons. The second-order valence-electron chi connectivity index (χ2n) is 7.05. The summed E-state index contributed by atoms with van der Waals surface area (Å²) in [5, 5.41) is 11.4. The van der Waals surface area contributed by atoms with Crippen molar-refractivity contribution in [2.45, 2.75) is 25.9 Å². The maximum atomic E-state index is 6.01. The van der Waals surface area contributed by atoms with E-state index < -0.39 is 0 Å². The van der Waals surface area contributed by atoms with E-state index in [1.807, 2.05) is 24.3 Å². The number of hydrogen-bond acceptors (Lipinski definition) is 5. The van der Waals surface area contributed by atoms with E-state index in [4.69, 9.17) is 17.3 Å². The second kappa shape index (κ2) is 16.2. The van der Waals surface area contributed by atoms with Gasteiger partial charge >= 0.3 is 0 Å². The lowest BCUT2D eigenvalue weighted by Crippen LogP contribution is -2.40. The molecule has 1 aliphatic heterocycles. The molecule has 1 fully saturated rings. The van der Waals surface area contributed by atoms with Gasteiger partial charge < -0.3 is 21.7 Å². The normalized spacial score (nSPS) is 17.1. The van der Waals surface area contributed by atoms with Crippen molar-refractivity contribution in [3.8, 4) is 0 Å². The number of anilines is 1. The highest BCUT2D eigenvalue weighted by Crippen LogP contribution is 2.17.